The average Bonchev–Trinajstić information content (AvgIpc) is 2.81. The molecular weight excluding hydrogens is 472 g/mol. The minimum atomic E-state index is -4.02. The molecule has 2 amide bonds. The Hall–Kier alpha value is -3.89. The van der Waals surface area contributed by atoms with Crippen LogP contribution in [0.2, 0.25) is 0 Å². The highest BCUT2D eigenvalue weighted by atomic mass is 32.2. The van der Waals surface area contributed by atoms with Gasteiger partial charge in [-0.1, -0.05) is 18.2 Å². The van der Waals surface area contributed by atoms with E-state index in [1.807, 2.05) is 6.07 Å². The molecule has 184 valence electrons. The second kappa shape index (κ2) is 11.5. The smallest absolute Gasteiger partial charge is 0.411 e. The quantitative estimate of drug-likeness (QED) is 0.329. The summed E-state index contributed by atoms with van der Waals surface area (Å²) < 4.78 is 40.3. The van der Waals surface area contributed by atoms with Crippen LogP contribution in [0.3, 0.4) is 0 Å². The van der Waals surface area contributed by atoms with E-state index in [0.29, 0.717) is 22.5 Å². The van der Waals surface area contributed by atoms with Gasteiger partial charge in [0, 0.05) is 24.0 Å². The van der Waals surface area contributed by atoms with Crippen molar-refractivity contribution in [3.05, 3.63) is 83.4 Å². The summed E-state index contributed by atoms with van der Waals surface area (Å²) in [5.41, 5.74) is 2.55. The number of carbonyl (C=O) groups excluding carboxylic acids is 2. The number of nitrogens with one attached hydrogen (secondary N) is 2. The van der Waals surface area contributed by atoms with E-state index in [4.69, 9.17) is 13.7 Å². The van der Waals surface area contributed by atoms with Gasteiger partial charge < -0.3 is 19.0 Å². The molecule has 3 aromatic rings. The molecule has 3 rings (SSSR count). The van der Waals surface area contributed by atoms with Crippen LogP contribution in [0.15, 0.2) is 71.6 Å². The van der Waals surface area contributed by atoms with Gasteiger partial charge in [-0.05, 0) is 73.5 Å². The van der Waals surface area contributed by atoms with Crippen LogP contribution in [0.4, 0.5) is 16.2 Å². The van der Waals surface area contributed by atoms with E-state index < -0.39 is 22.1 Å². The van der Waals surface area contributed by atoms with Gasteiger partial charge >= 0.3 is 16.2 Å². The van der Waals surface area contributed by atoms with E-state index in [-0.39, 0.29) is 23.9 Å². The van der Waals surface area contributed by atoms with Gasteiger partial charge in [0.2, 0.25) is 0 Å². The highest BCUT2D eigenvalue weighted by Crippen LogP contribution is 2.23. The molecule has 0 bridgehead atoms. The molecule has 0 radical (unpaired) electrons. The lowest BCUT2D eigenvalue weighted by Gasteiger charge is -2.11. The van der Waals surface area contributed by atoms with Gasteiger partial charge in [-0.25, -0.2) is 4.79 Å². The Labute approximate surface area is 204 Å². The molecular formula is C25H26N2O7S. The van der Waals surface area contributed by atoms with E-state index in [2.05, 4.69) is 10.6 Å². The van der Waals surface area contributed by atoms with Crippen LogP contribution >= 0.6 is 0 Å². The van der Waals surface area contributed by atoms with Crippen molar-refractivity contribution in [1.82, 2.24) is 0 Å². The topological polar surface area (TPSA) is 120 Å². The molecule has 0 heterocycles. The van der Waals surface area contributed by atoms with Gasteiger partial charge in [0.15, 0.2) is 0 Å². The highest BCUT2D eigenvalue weighted by Gasteiger charge is 2.20. The number of methoxy groups -OCH3 is 1. The number of anilines is 2. The summed E-state index contributed by atoms with van der Waals surface area (Å²) in [5.74, 6) is -0.339. The fourth-order valence-corrected chi connectivity index (χ4v) is 4.31. The van der Waals surface area contributed by atoms with E-state index in [0.717, 1.165) is 5.56 Å². The number of aryl methyl sites for hydroxylation is 2. The summed E-state index contributed by atoms with van der Waals surface area (Å²) in [4.78, 5) is 24.5. The monoisotopic (exact) mass is 498 g/mol. The van der Waals surface area contributed by atoms with Crippen LogP contribution in [0.1, 0.15) is 21.5 Å². The van der Waals surface area contributed by atoms with E-state index >= 15 is 0 Å². The standard InChI is InChI=1S/C25H26N2O7S/c1-17-7-8-18(2)23(15-17)35(30,31)34-22-11-9-19(10-12-22)24(28)26-20-5-4-6-21(16-20)27-25(29)33-14-13-32-3/h4-12,15-16H,13-14H2,1-3H3,(H,26,28)(H,27,29). The van der Waals surface area contributed by atoms with Crippen molar-refractivity contribution in [1.29, 1.82) is 0 Å². The van der Waals surface area contributed by atoms with Crippen LogP contribution in [-0.4, -0.2) is 40.7 Å². The average molecular weight is 499 g/mol. The molecule has 0 aliphatic carbocycles. The molecule has 0 aliphatic rings. The molecule has 0 atom stereocenters. The minimum absolute atomic E-state index is 0.0839. The maximum Gasteiger partial charge on any atom is 0.411 e. The molecule has 0 saturated heterocycles. The van der Waals surface area contributed by atoms with E-state index in [1.165, 1.54) is 31.4 Å². The highest BCUT2D eigenvalue weighted by molar-refractivity contribution is 7.87. The Bertz CT molecular complexity index is 1310. The lowest BCUT2D eigenvalue weighted by atomic mass is 10.2. The zero-order valence-corrected chi connectivity index (χ0v) is 20.3. The van der Waals surface area contributed by atoms with Crippen LogP contribution < -0.4 is 14.8 Å². The number of carbonyl (C=O) groups is 2. The Morgan fingerprint density at radius 2 is 1.54 bits per heavy atom. The molecule has 0 saturated carbocycles. The third-order valence-corrected chi connectivity index (χ3v) is 6.21. The van der Waals surface area contributed by atoms with Crippen molar-refractivity contribution < 1.29 is 31.7 Å². The molecule has 10 heteroatoms. The number of hydrogen-bond acceptors (Lipinski definition) is 7. The first-order valence-corrected chi connectivity index (χ1v) is 12.0. The maximum absolute atomic E-state index is 12.7. The van der Waals surface area contributed by atoms with Gasteiger partial charge in [0.05, 0.1) is 6.61 Å². The predicted molar refractivity (Wildman–Crippen MR) is 131 cm³/mol. The summed E-state index contributed by atoms with van der Waals surface area (Å²) in [6.07, 6.45) is -0.642. The number of benzene rings is 3. The minimum Gasteiger partial charge on any atom is -0.447 e. The number of rotatable bonds is 9. The lowest BCUT2D eigenvalue weighted by molar-refractivity contribution is 0.102. The Balaban J connectivity index is 1.63. The third-order valence-electron chi connectivity index (χ3n) is 4.82. The zero-order valence-electron chi connectivity index (χ0n) is 19.5. The first-order chi connectivity index (χ1) is 16.7. The SMILES string of the molecule is COCCOC(=O)Nc1cccc(NC(=O)c2ccc(OS(=O)(=O)c3cc(C)ccc3C)cc2)c1. The molecule has 0 unspecified atom stereocenters. The molecule has 0 aliphatic heterocycles. The second-order valence-electron chi connectivity index (χ2n) is 7.62. The number of amides is 2. The zero-order chi connectivity index (χ0) is 25.4. The number of ether oxygens (including phenoxy) is 2. The first kappa shape index (κ1) is 25.7. The number of hydrogen-bond donors (Lipinski definition) is 2. The molecule has 0 aromatic heterocycles. The fraction of sp³-hybridized carbons (Fsp3) is 0.200. The second-order valence-corrected chi connectivity index (χ2v) is 9.13. The van der Waals surface area contributed by atoms with Crippen LogP contribution in [0.5, 0.6) is 5.75 Å². The molecule has 9 nitrogen and oxygen atoms in total. The predicted octanol–water partition coefficient (Wildman–Crippen LogP) is 4.52. The van der Waals surface area contributed by atoms with Gasteiger partial charge in [-0.2, -0.15) is 8.42 Å². The van der Waals surface area contributed by atoms with Crippen LogP contribution in [-0.2, 0) is 19.6 Å². The summed E-state index contributed by atoms with van der Waals surface area (Å²) in [6.45, 7) is 3.89. The lowest BCUT2D eigenvalue weighted by Crippen LogP contribution is -2.17. The molecule has 3 aromatic carbocycles. The summed E-state index contributed by atoms with van der Waals surface area (Å²) in [5, 5.41) is 5.28. The third kappa shape index (κ3) is 7.29. The van der Waals surface area contributed by atoms with Crippen molar-refractivity contribution in [2.45, 2.75) is 18.7 Å². The van der Waals surface area contributed by atoms with E-state index in [9.17, 15) is 18.0 Å². The molecule has 2 N–H and O–H groups in total. The largest absolute Gasteiger partial charge is 0.447 e. The Morgan fingerprint density at radius 1 is 0.857 bits per heavy atom. The van der Waals surface area contributed by atoms with Gasteiger partial charge in [0.25, 0.3) is 5.91 Å². The summed E-state index contributed by atoms with van der Waals surface area (Å²) >= 11 is 0. The van der Waals surface area contributed by atoms with Crippen molar-refractivity contribution in [2.75, 3.05) is 31.0 Å². The van der Waals surface area contributed by atoms with Gasteiger partial charge in [0.1, 0.15) is 17.3 Å². The summed E-state index contributed by atoms with van der Waals surface area (Å²) in [6, 6.07) is 17.4. The van der Waals surface area contributed by atoms with Crippen LogP contribution in [0.25, 0.3) is 0 Å². The van der Waals surface area contributed by atoms with Crippen molar-refractivity contribution >= 4 is 33.5 Å². The Kier molecular flexibility index (Phi) is 8.45. The van der Waals surface area contributed by atoms with Crippen molar-refractivity contribution in [2.24, 2.45) is 0 Å². The van der Waals surface area contributed by atoms with Gasteiger partial charge in [-0.3, -0.25) is 10.1 Å². The van der Waals surface area contributed by atoms with Crippen molar-refractivity contribution in [3.63, 3.8) is 0 Å². The Morgan fingerprint density at radius 3 is 2.23 bits per heavy atom. The summed E-state index contributed by atoms with van der Waals surface area (Å²) in [7, 11) is -2.52. The van der Waals surface area contributed by atoms with Gasteiger partial charge in [-0.15, -0.1) is 0 Å². The molecule has 0 fully saturated rings. The van der Waals surface area contributed by atoms with Crippen LogP contribution in [0, 0.1) is 13.8 Å². The normalized spacial score (nSPS) is 10.9. The molecule has 35 heavy (non-hydrogen) atoms. The fourth-order valence-electron chi connectivity index (χ4n) is 3.06. The maximum atomic E-state index is 12.7. The van der Waals surface area contributed by atoms with Crippen molar-refractivity contribution in [3.8, 4) is 5.75 Å². The molecule has 0 spiro atoms. The van der Waals surface area contributed by atoms with E-state index in [1.54, 1.807) is 50.2 Å². The first-order valence-electron chi connectivity index (χ1n) is 10.6.